The Hall–Kier alpha value is -0.170. The minimum Gasteiger partial charge on any atom is -0.347 e. The van der Waals surface area contributed by atoms with Gasteiger partial charge >= 0.3 is 0 Å². The van der Waals surface area contributed by atoms with Gasteiger partial charge in [0.05, 0.1) is 18.5 Å². The lowest BCUT2D eigenvalue weighted by molar-refractivity contribution is -0.177. The van der Waals surface area contributed by atoms with Crippen LogP contribution in [-0.2, 0) is 19.3 Å². The highest BCUT2D eigenvalue weighted by atomic mass is 32.2. The maximum atomic E-state index is 11.5. The molecule has 1 aliphatic carbocycles. The van der Waals surface area contributed by atoms with E-state index in [1.165, 1.54) is 6.26 Å². The average molecular weight is 235 g/mol. The van der Waals surface area contributed by atoms with Crippen LogP contribution in [0.3, 0.4) is 0 Å². The fraction of sp³-hybridized carbons (Fsp3) is 1.00. The molecule has 0 aromatic carbocycles. The standard InChI is InChI=1S/C9H17NO4S/c1-15(11,12)8-6-9(3-2-7(8)10)13-4-5-14-9/h7-8H,2-6,10H2,1H3. The third-order valence-electron chi connectivity index (χ3n) is 3.21. The Morgan fingerprint density at radius 3 is 2.47 bits per heavy atom. The van der Waals surface area contributed by atoms with Crippen LogP contribution >= 0.6 is 0 Å². The second-order valence-electron chi connectivity index (χ2n) is 4.38. The SMILES string of the molecule is CS(=O)(=O)C1CC2(CCC1N)OCCO2. The van der Waals surface area contributed by atoms with E-state index < -0.39 is 20.9 Å². The molecule has 2 atom stereocenters. The van der Waals surface area contributed by atoms with E-state index >= 15 is 0 Å². The molecule has 88 valence electrons. The summed E-state index contributed by atoms with van der Waals surface area (Å²) in [7, 11) is -3.12. The first-order valence-corrected chi connectivity index (χ1v) is 7.11. The predicted molar refractivity (Wildman–Crippen MR) is 55.1 cm³/mol. The highest BCUT2D eigenvalue weighted by Gasteiger charge is 2.47. The van der Waals surface area contributed by atoms with Crippen LogP contribution < -0.4 is 5.73 Å². The second kappa shape index (κ2) is 3.69. The highest BCUT2D eigenvalue weighted by molar-refractivity contribution is 7.91. The summed E-state index contributed by atoms with van der Waals surface area (Å²) >= 11 is 0. The zero-order chi connectivity index (χ0) is 11.1. The zero-order valence-corrected chi connectivity index (χ0v) is 9.63. The van der Waals surface area contributed by atoms with E-state index in [-0.39, 0.29) is 6.04 Å². The van der Waals surface area contributed by atoms with Crippen molar-refractivity contribution in [3.05, 3.63) is 0 Å². The summed E-state index contributed by atoms with van der Waals surface area (Å²) in [6, 6.07) is -0.293. The minimum atomic E-state index is -3.12. The Bertz CT molecular complexity index is 334. The highest BCUT2D eigenvalue weighted by Crippen LogP contribution is 2.37. The molecule has 2 unspecified atom stereocenters. The first-order valence-electron chi connectivity index (χ1n) is 5.15. The van der Waals surface area contributed by atoms with Crippen LogP contribution in [0, 0.1) is 0 Å². The molecule has 0 radical (unpaired) electrons. The topological polar surface area (TPSA) is 78.6 Å². The van der Waals surface area contributed by atoms with Crippen molar-refractivity contribution in [2.45, 2.75) is 36.3 Å². The maximum absolute atomic E-state index is 11.5. The fourth-order valence-electron chi connectivity index (χ4n) is 2.36. The molecule has 1 aliphatic heterocycles. The lowest BCUT2D eigenvalue weighted by Crippen LogP contribution is -2.51. The minimum absolute atomic E-state index is 0.293. The first-order chi connectivity index (χ1) is 6.93. The summed E-state index contributed by atoms with van der Waals surface area (Å²) in [6.07, 6.45) is 2.93. The molecule has 2 rings (SSSR count). The Kier molecular flexibility index (Phi) is 2.79. The predicted octanol–water partition coefficient (Wildman–Crippen LogP) is -0.346. The summed E-state index contributed by atoms with van der Waals surface area (Å²) in [5, 5.41) is -0.538. The Morgan fingerprint density at radius 1 is 1.33 bits per heavy atom. The molecule has 0 aromatic rings. The van der Waals surface area contributed by atoms with Crippen LogP contribution in [0.25, 0.3) is 0 Å². The average Bonchev–Trinajstić information content (AvgIpc) is 2.57. The first kappa shape index (κ1) is 11.3. The molecule has 6 heteroatoms. The van der Waals surface area contributed by atoms with Crippen molar-refractivity contribution in [2.24, 2.45) is 5.73 Å². The van der Waals surface area contributed by atoms with E-state index in [1.807, 2.05) is 0 Å². The number of hydrogen-bond donors (Lipinski definition) is 1. The Labute approximate surface area is 89.8 Å². The van der Waals surface area contributed by atoms with Crippen LogP contribution in [0.5, 0.6) is 0 Å². The molecule has 1 saturated heterocycles. The van der Waals surface area contributed by atoms with E-state index in [4.69, 9.17) is 15.2 Å². The largest absolute Gasteiger partial charge is 0.347 e. The molecule has 0 bridgehead atoms. The van der Waals surface area contributed by atoms with Crippen molar-refractivity contribution >= 4 is 9.84 Å². The maximum Gasteiger partial charge on any atom is 0.169 e. The number of ether oxygens (including phenoxy) is 2. The van der Waals surface area contributed by atoms with Gasteiger partial charge in [-0.2, -0.15) is 0 Å². The van der Waals surface area contributed by atoms with E-state index in [2.05, 4.69) is 0 Å². The molecule has 2 fully saturated rings. The van der Waals surface area contributed by atoms with Gasteiger partial charge in [0, 0.05) is 25.1 Å². The monoisotopic (exact) mass is 235 g/mol. The van der Waals surface area contributed by atoms with E-state index in [0.717, 1.165) is 0 Å². The fourth-order valence-corrected chi connectivity index (χ4v) is 3.69. The van der Waals surface area contributed by atoms with Crippen molar-refractivity contribution in [1.29, 1.82) is 0 Å². The Balaban J connectivity index is 2.17. The number of sulfone groups is 1. The summed E-state index contributed by atoms with van der Waals surface area (Å²) in [5.74, 6) is -0.677. The Morgan fingerprint density at radius 2 is 1.93 bits per heavy atom. The van der Waals surface area contributed by atoms with Gasteiger partial charge < -0.3 is 15.2 Å². The molecule has 15 heavy (non-hydrogen) atoms. The zero-order valence-electron chi connectivity index (χ0n) is 8.81. The van der Waals surface area contributed by atoms with Gasteiger partial charge in [-0.15, -0.1) is 0 Å². The smallest absolute Gasteiger partial charge is 0.169 e. The quantitative estimate of drug-likeness (QED) is 0.672. The van der Waals surface area contributed by atoms with Crippen LogP contribution in [0.4, 0.5) is 0 Å². The van der Waals surface area contributed by atoms with Gasteiger partial charge in [-0.05, 0) is 6.42 Å². The molecule has 0 aromatic heterocycles. The third-order valence-corrected chi connectivity index (χ3v) is 4.83. The second-order valence-corrected chi connectivity index (χ2v) is 6.65. The van der Waals surface area contributed by atoms with Gasteiger partial charge in [-0.1, -0.05) is 0 Å². The number of hydrogen-bond acceptors (Lipinski definition) is 5. The summed E-state index contributed by atoms with van der Waals surface area (Å²) < 4.78 is 34.1. The van der Waals surface area contributed by atoms with E-state index in [0.29, 0.717) is 32.5 Å². The molecular weight excluding hydrogens is 218 g/mol. The molecule has 5 nitrogen and oxygen atoms in total. The molecular formula is C9H17NO4S. The van der Waals surface area contributed by atoms with Crippen molar-refractivity contribution < 1.29 is 17.9 Å². The van der Waals surface area contributed by atoms with Crippen LogP contribution in [0.1, 0.15) is 19.3 Å². The van der Waals surface area contributed by atoms with Crippen molar-refractivity contribution in [3.63, 3.8) is 0 Å². The van der Waals surface area contributed by atoms with Crippen LogP contribution in [0.2, 0.25) is 0 Å². The van der Waals surface area contributed by atoms with Gasteiger partial charge in [0.15, 0.2) is 15.6 Å². The number of nitrogens with two attached hydrogens (primary N) is 1. The lowest BCUT2D eigenvalue weighted by atomic mass is 9.90. The van der Waals surface area contributed by atoms with E-state index in [9.17, 15) is 8.42 Å². The van der Waals surface area contributed by atoms with Crippen molar-refractivity contribution in [3.8, 4) is 0 Å². The van der Waals surface area contributed by atoms with Crippen LogP contribution in [-0.4, -0.2) is 45.0 Å². The van der Waals surface area contributed by atoms with Gasteiger partial charge in [0.1, 0.15) is 0 Å². The molecule has 1 spiro atoms. The summed E-state index contributed by atoms with van der Waals surface area (Å²) in [6.45, 7) is 1.09. The lowest BCUT2D eigenvalue weighted by Gasteiger charge is -2.38. The van der Waals surface area contributed by atoms with Gasteiger partial charge in [-0.3, -0.25) is 0 Å². The third kappa shape index (κ3) is 2.18. The summed E-state index contributed by atoms with van der Waals surface area (Å²) in [4.78, 5) is 0. The molecule has 0 amide bonds. The van der Waals surface area contributed by atoms with E-state index in [1.54, 1.807) is 0 Å². The van der Waals surface area contributed by atoms with Crippen molar-refractivity contribution in [1.82, 2.24) is 0 Å². The normalized spacial score (nSPS) is 35.9. The van der Waals surface area contributed by atoms with Gasteiger partial charge in [-0.25, -0.2) is 8.42 Å². The molecule has 2 aliphatic rings. The molecule has 1 saturated carbocycles. The molecule has 2 N–H and O–H groups in total. The van der Waals surface area contributed by atoms with Crippen molar-refractivity contribution in [2.75, 3.05) is 19.5 Å². The molecule has 1 heterocycles. The van der Waals surface area contributed by atoms with Crippen LogP contribution in [0.15, 0.2) is 0 Å². The van der Waals surface area contributed by atoms with Gasteiger partial charge in [0.2, 0.25) is 0 Å². The number of rotatable bonds is 1. The summed E-state index contributed by atoms with van der Waals surface area (Å²) in [5.41, 5.74) is 5.83. The van der Waals surface area contributed by atoms with Gasteiger partial charge in [0.25, 0.3) is 0 Å².